The van der Waals surface area contributed by atoms with Gasteiger partial charge in [0.2, 0.25) is 5.54 Å². The number of alkyl carbamates (subject to hydrolysis) is 1. The fourth-order valence-electron chi connectivity index (χ4n) is 5.68. The average Bonchev–Trinajstić information content (AvgIpc) is 3.50. The smallest absolute Gasteiger partial charge is 0.407 e. The molecule has 10 heteroatoms. The Morgan fingerprint density at radius 3 is 2.17 bits per heavy atom. The second kappa shape index (κ2) is 17.7. The van der Waals surface area contributed by atoms with E-state index in [0.29, 0.717) is 37.9 Å². The Morgan fingerprint density at radius 1 is 0.830 bits per heavy atom. The third-order valence-electron chi connectivity index (χ3n) is 8.12. The van der Waals surface area contributed by atoms with E-state index in [2.05, 4.69) is 10.6 Å². The van der Waals surface area contributed by atoms with Gasteiger partial charge in [0.1, 0.15) is 6.61 Å². The van der Waals surface area contributed by atoms with Crippen molar-refractivity contribution in [1.82, 2.24) is 10.2 Å². The van der Waals surface area contributed by atoms with E-state index in [1.165, 1.54) is 0 Å². The first kappa shape index (κ1) is 35.0. The van der Waals surface area contributed by atoms with Gasteiger partial charge in [-0.3, -0.25) is 9.59 Å². The maximum absolute atomic E-state index is 14.6. The Balaban J connectivity index is 1.48. The summed E-state index contributed by atoms with van der Waals surface area (Å²) < 4.78 is 16.2. The molecule has 2 atom stereocenters. The second-order valence-corrected chi connectivity index (χ2v) is 11.5. The lowest BCUT2D eigenvalue weighted by Gasteiger charge is -2.35. The number of amides is 2. The summed E-state index contributed by atoms with van der Waals surface area (Å²) in [5, 5.41) is 5.94. The fourth-order valence-corrected chi connectivity index (χ4v) is 5.68. The first-order valence-electron chi connectivity index (χ1n) is 16.3. The van der Waals surface area contributed by atoms with Gasteiger partial charge in [-0.25, -0.2) is 9.59 Å². The van der Waals surface area contributed by atoms with Crippen LogP contribution in [0, 0.1) is 5.92 Å². The Hall–Kier alpha value is -4.86. The summed E-state index contributed by atoms with van der Waals surface area (Å²) in [5.74, 6) is -2.13. The number of hydrogen-bond donors (Lipinski definition) is 2. The van der Waals surface area contributed by atoms with Gasteiger partial charge in [-0.1, -0.05) is 78.9 Å². The van der Waals surface area contributed by atoms with Crippen molar-refractivity contribution in [3.63, 3.8) is 0 Å². The summed E-state index contributed by atoms with van der Waals surface area (Å²) in [6, 6.07) is 26.7. The lowest BCUT2D eigenvalue weighted by Crippen LogP contribution is -2.60. The standard InChI is InChI=1S/C37H45N3O7/c1-3-45-33(41)31(22-21-28-15-7-5-8-16-28)26-40(24-14-13-23-38-36(44)47-27-29-17-9-6-10-18-29)34(42)37(35(43)46-4-2)25-30-19-11-12-20-32(30)39-37/h5-12,15-20,31,39H,3-4,13-14,21-27H2,1-2H3,(H,38,44)/t31-,37+/m1/s1. The number of aryl methyl sites for hydroxylation is 1. The highest BCUT2D eigenvalue weighted by atomic mass is 16.5. The van der Waals surface area contributed by atoms with Gasteiger partial charge in [0.05, 0.1) is 19.1 Å². The molecule has 4 rings (SSSR count). The number of nitrogens with one attached hydrogen (secondary N) is 2. The molecule has 2 amide bonds. The third kappa shape index (κ3) is 9.81. The molecule has 47 heavy (non-hydrogen) atoms. The van der Waals surface area contributed by atoms with Crippen molar-refractivity contribution in [2.45, 2.75) is 58.1 Å². The van der Waals surface area contributed by atoms with Gasteiger partial charge < -0.3 is 29.7 Å². The van der Waals surface area contributed by atoms with E-state index in [-0.39, 0.29) is 39.3 Å². The summed E-state index contributed by atoms with van der Waals surface area (Å²) in [7, 11) is 0. The number of hydrogen-bond acceptors (Lipinski definition) is 8. The van der Waals surface area contributed by atoms with Gasteiger partial charge >= 0.3 is 18.0 Å². The van der Waals surface area contributed by atoms with Gasteiger partial charge in [0, 0.05) is 31.7 Å². The number of carbonyl (C=O) groups excluding carboxylic acids is 4. The molecule has 0 bridgehead atoms. The maximum Gasteiger partial charge on any atom is 0.407 e. The number of ether oxygens (including phenoxy) is 3. The predicted molar refractivity (Wildman–Crippen MR) is 178 cm³/mol. The van der Waals surface area contributed by atoms with E-state index in [4.69, 9.17) is 14.2 Å². The van der Waals surface area contributed by atoms with Crippen LogP contribution >= 0.6 is 0 Å². The Morgan fingerprint density at radius 2 is 1.49 bits per heavy atom. The molecule has 250 valence electrons. The largest absolute Gasteiger partial charge is 0.466 e. The molecule has 0 unspecified atom stereocenters. The number of carbonyl (C=O) groups is 4. The summed E-state index contributed by atoms with van der Waals surface area (Å²) in [4.78, 5) is 55.1. The van der Waals surface area contributed by atoms with Crippen LogP contribution in [0.25, 0.3) is 0 Å². The first-order chi connectivity index (χ1) is 22.9. The Bertz CT molecular complexity index is 1440. The Labute approximate surface area is 276 Å². The summed E-state index contributed by atoms with van der Waals surface area (Å²) in [6.07, 6.45) is 1.72. The van der Waals surface area contributed by atoms with Crippen molar-refractivity contribution in [2.75, 3.05) is 38.2 Å². The molecule has 0 radical (unpaired) electrons. The van der Waals surface area contributed by atoms with Crippen LogP contribution in [0.15, 0.2) is 84.9 Å². The quantitative estimate of drug-likeness (QED) is 0.0879. The number of unbranched alkanes of at least 4 members (excludes halogenated alkanes) is 1. The van der Waals surface area contributed by atoms with Crippen LogP contribution in [-0.4, -0.2) is 67.2 Å². The van der Waals surface area contributed by atoms with E-state index < -0.39 is 35.4 Å². The van der Waals surface area contributed by atoms with Gasteiger partial charge in [-0.2, -0.15) is 0 Å². The summed E-state index contributed by atoms with van der Waals surface area (Å²) in [5.41, 5.74) is 1.81. The van der Waals surface area contributed by atoms with Crippen molar-refractivity contribution in [3.05, 3.63) is 102 Å². The van der Waals surface area contributed by atoms with Crippen LogP contribution in [0.1, 0.15) is 49.8 Å². The highest BCUT2D eigenvalue weighted by Crippen LogP contribution is 2.35. The molecule has 0 saturated carbocycles. The van der Waals surface area contributed by atoms with Gasteiger partial charge in [-0.05, 0) is 62.3 Å². The van der Waals surface area contributed by atoms with E-state index in [1.54, 1.807) is 18.7 Å². The third-order valence-corrected chi connectivity index (χ3v) is 8.12. The molecule has 3 aromatic carbocycles. The second-order valence-electron chi connectivity index (χ2n) is 11.5. The number of fused-ring (bicyclic) bond motifs is 1. The monoisotopic (exact) mass is 643 g/mol. The molecule has 10 nitrogen and oxygen atoms in total. The molecule has 0 aliphatic carbocycles. The number of rotatable bonds is 17. The zero-order chi connectivity index (χ0) is 33.5. The highest BCUT2D eigenvalue weighted by Gasteiger charge is 2.53. The van der Waals surface area contributed by atoms with Crippen LogP contribution in [0.3, 0.4) is 0 Å². The summed E-state index contributed by atoms with van der Waals surface area (Å²) in [6.45, 7) is 4.59. The minimum absolute atomic E-state index is 0.0657. The molecule has 0 spiro atoms. The van der Waals surface area contributed by atoms with E-state index in [0.717, 1.165) is 16.7 Å². The zero-order valence-corrected chi connectivity index (χ0v) is 27.2. The molecule has 0 saturated heterocycles. The molecule has 0 fully saturated rings. The molecular formula is C37H45N3O7. The minimum Gasteiger partial charge on any atom is -0.466 e. The van der Waals surface area contributed by atoms with Crippen molar-refractivity contribution in [3.8, 4) is 0 Å². The highest BCUT2D eigenvalue weighted by molar-refractivity contribution is 6.12. The topological polar surface area (TPSA) is 123 Å². The average molecular weight is 644 g/mol. The Kier molecular flexibility index (Phi) is 13.2. The lowest BCUT2D eigenvalue weighted by atomic mass is 9.91. The zero-order valence-electron chi connectivity index (χ0n) is 27.2. The van der Waals surface area contributed by atoms with Crippen LogP contribution < -0.4 is 10.6 Å². The van der Waals surface area contributed by atoms with Crippen molar-refractivity contribution in [2.24, 2.45) is 5.92 Å². The van der Waals surface area contributed by atoms with Gasteiger partial charge in [0.15, 0.2) is 0 Å². The van der Waals surface area contributed by atoms with Crippen molar-refractivity contribution >= 4 is 29.6 Å². The normalized spacial score (nSPS) is 15.4. The van der Waals surface area contributed by atoms with Crippen LogP contribution in [-0.2, 0) is 48.0 Å². The van der Waals surface area contributed by atoms with Crippen LogP contribution in [0.4, 0.5) is 10.5 Å². The maximum atomic E-state index is 14.6. The number of benzene rings is 3. The number of para-hydroxylation sites is 1. The van der Waals surface area contributed by atoms with Gasteiger partial charge in [0.25, 0.3) is 5.91 Å². The van der Waals surface area contributed by atoms with Crippen molar-refractivity contribution < 1.29 is 33.4 Å². The minimum atomic E-state index is -1.67. The summed E-state index contributed by atoms with van der Waals surface area (Å²) >= 11 is 0. The van der Waals surface area contributed by atoms with Crippen molar-refractivity contribution in [1.29, 1.82) is 0 Å². The van der Waals surface area contributed by atoms with E-state index >= 15 is 0 Å². The fraction of sp³-hybridized carbons (Fsp3) is 0.405. The van der Waals surface area contributed by atoms with Crippen LogP contribution in [0.2, 0.25) is 0 Å². The van der Waals surface area contributed by atoms with Gasteiger partial charge in [-0.15, -0.1) is 0 Å². The van der Waals surface area contributed by atoms with E-state index in [9.17, 15) is 19.2 Å². The number of esters is 2. The molecule has 1 aliphatic rings. The van der Waals surface area contributed by atoms with E-state index in [1.807, 2.05) is 84.9 Å². The van der Waals surface area contributed by atoms with Crippen LogP contribution in [0.5, 0.6) is 0 Å². The molecule has 1 heterocycles. The predicted octanol–water partition coefficient (Wildman–Crippen LogP) is 5.30. The molecule has 0 aromatic heterocycles. The SMILES string of the molecule is CCOC(=O)[C@H](CCc1ccccc1)CN(CCCCNC(=O)OCc1ccccc1)C(=O)[C@]1(C(=O)OCC)Cc2ccccc2N1. The lowest BCUT2D eigenvalue weighted by molar-refractivity contribution is -0.157. The molecule has 3 aromatic rings. The first-order valence-corrected chi connectivity index (χ1v) is 16.3. The molecule has 1 aliphatic heterocycles. The number of nitrogens with zero attached hydrogens (tertiary/aromatic N) is 1. The number of anilines is 1. The molecular weight excluding hydrogens is 598 g/mol. The molecule has 2 N–H and O–H groups in total.